The highest BCUT2D eigenvalue weighted by Gasteiger charge is 2.60. The molecule has 4 nitrogen and oxygen atoms in total. The zero-order chi connectivity index (χ0) is 29.5. The van der Waals surface area contributed by atoms with Crippen LogP contribution < -0.4 is 10.0 Å². The summed E-state index contributed by atoms with van der Waals surface area (Å²) in [6, 6.07) is 50.7. The zero-order valence-corrected chi connectivity index (χ0v) is 25.3. The number of furan rings is 1. The normalized spacial score (nSPS) is 19.2. The molecule has 5 heteroatoms. The van der Waals surface area contributed by atoms with E-state index >= 15 is 0 Å². The molecule has 1 N–H and O–H groups in total. The van der Waals surface area contributed by atoms with Gasteiger partial charge in [0, 0.05) is 27.0 Å². The number of hydrazine groups is 1. The van der Waals surface area contributed by atoms with E-state index in [-0.39, 0.29) is 5.92 Å². The lowest BCUT2D eigenvalue weighted by atomic mass is 9.77. The first-order chi connectivity index (χ1) is 22.3. The third kappa shape index (κ3) is 3.47. The molecule has 45 heavy (non-hydrogen) atoms. The highest BCUT2D eigenvalue weighted by atomic mass is 32.1. The van der Waals surface area contributed by atoms with Crippen molar-refractivity contribution in [2.45, 2.75) is 17.9 Å². The zero-order valence-electron chi connectivity index (χ0n) is 24.5. The van der Waals surface area contributed by atoms with E-state index < -0.39 is 5.54 Å². The van der Waals surface area contributed by atoms with Gasteiger partial charge in [0.2, 0.25) is 0 Å². The molecule has 0 radical (unpaired) electrons. The Kier molecular flexibility index (Phi) is 5.23. The van der Waals surface area contributed by atoms with Crippen LogP contribution in [0.1, 0.15) is 33.4 Å². The Labute approximate surface area is 264 Å². The summed E-state index contributed by atoms with van der Waals surface area (Å²) in [5.74, 6) is 0.838. The molecular weight excluding hydrogens is 571 g/mol. The molecule has 5 aromatic carbocycles. The summed E-state index contributed by atoms with van der Waals surface area (Å²) in [4.78, 5) is 5.24. The van der Waals surface area contributed by atoms with Crippen molar-refractivity contribution < 1.29 is 4.42 Å². The van der Waals surface area contributed by atoms with Gasteiger partial charge in [0.25, 0.3) is 0 Å². The number of H-pyrrole nitrogens is 1. The van der Waals surface area contributed by atoms with Crippen LogP contribution in [0.5, 0.6) is 0 Å². The number of anilines is 2. The fraction of sp³-hybridized carbons (Fsp3) is 0.100. The van der Waals surface area contributed by atoms with Crippen LogP contribution in [0.4, 0.5) is 11.4 Å². The molecule has 0 aliphatic carbocycles. The highest BCUT2D eigenvalue weighted by Crippen LogP contribution is 2.62. The van der Waals surface area contributed by atoms with Crippen LogP contribution in [-0.4, -0.2) is 11.5 Å². The average molecular weight is 600 g/mol. The third-order valence-electron chi connectivity index (χ3n) is 9.80. The van der Waals surface area contributed by atoms with Crippen LogP contribution in [0.2, 0.25) is 0 Å². The van der Waals surface area contributed by atoms with Gasteiger partial charge in [-0.15, -0.1) is 11.3 Å². The Balaban J connectivity index is 1.37. The summed E-state index contributed by atoms with van der Waals surface area (Å²) in [5, 5.41) is 8.73. The van der Waals surface area contributed by atoms with Crippen molar-refractivity contribution in [1.29, 1.82) is 0 Å². The van der Waals surface area contributed by atoms with Crippen LogP contribution >= 0.6 is 11.3 Å². The van der Waals surface area contributed by atoms with Gasteiger partial charge in [-0.2, -0.15) is 0 Å². The number of para-hydroxylation sites is 4. The lowest BCUT2D eigenvalue weighted by molar-refractivity contribution is 0.393. The van der Waals surface area contributed by atoms with Gasteiger partial charge in [0.15, 0.2) is 0 Å². The van der Waals surface area contributed by atoms with E-state index in [1.165, 1.54) is 42.9 Å². The number of hydrogen-bond acceptors (Lipinski definition) is 4. The Morgan fingerprint density at radius 1 is 0.689 bits per heavy atom. The molecule has 3 aromatic heterocycles. The van der Waals surface area contributed by atoms with E-state index in [1.54, 1.807) is 0 Å². The first kappa shape index (κ1) is 25.1. The largest absolute Gasteiger partial charge is 0.460 e. The van der Waals surface area contributed by atoms with Gasteiger partial charge in [-0.25, -0.2) is 0 Å². The van der Waals surface area contributed by atoms with Gasteiger partial charge < -0.3 is 9.40 Å². The molecule has 2 atom stereocenters. The predicted molar refractivity (Wildman–Crippen MR) is 185 cm³/mol. The Hall–Kier alpha value is -5.26. The van der Waals surface area contributed by atoms with Crippen LogP contribution in [-0.2, 0) is 12.0 Å². The number of fused-ring (bicyclic) bond motifs is 5. The number of thiophene rings is 1. The molecule has 0 saturated carbocycles. The Morgan fingerprint density at radius 3 is 2.29 bits per heavy atom. The van der Waals surface area contributed by atoms with Crippen molar-refractivity contribution in [3.63, 3.8) is 0 Å². The van der Waals surface area contributed by atoms with E-state index in [0.29, 0.717) is 0 Å². The summed E-state index contributed by atoms with van der Waals surface area (Å²) in [6.07, 6.45) is 0.999. The molecule has 2 aliphatic heterocycles. The first-order valence-electron chi connectivity index (χ1n) is 15.6. The quantitative estimate of drug-likeness (QED) is 0.219. The summed E-state index contributed by atoms with van der Waals surface area (Å²) >= 11 is 1.89. The minimum Gasteiger partial charge on any atom is -0.460 e. The van der Waals surface area contributed by atoms with Gasteiger partial charge >= 0.3 is 0 Å². The topological polar surface area (TPSA) is 35.4 Å². The average Bonchev–Trinajstić information content (AvgIpc) is 3.91. The minimum atomic E-state index is -0.669. The molecule has 0 saturated heterocycles. The molecule has 0 fully saturated rings. The third-order valence-corrected chi connectivity index (χ3v) is 11.0. The first-order valence-corrected chi connectivity index (χ1v) is 16.4. The molecule has 216 valence electrons. The maximum atomic E-state index is 6.88. The number of hydrogen-bond donors (Lipinski definition) is 1. The molecule has 5 heterocycles. The van der Waals surface area contributed by atoms with Gasteiger partial charge in [0.05, 0.1) is 23.0 Å². The van der Waals surface area contributed by atoms with Gasteiger partial charge in [-0.1, -0.05) is 91.0 Å². The molecular formula is C40H29N3OS. The second kappa shape index (κ2) is 9.37. The second-order valence-corrected chi connectivity index (χ2v) is 13.3. The van der Waals surface area contributed by atoms with Crippen LogP contribution in [0.3, 0.4) is 0 Å². The van der Waals surface area contributed by atoms with Crippen LogP contribution in [0, 0.1) is 0 Å². The molecule has 2 aliphatic rings. The molecule has 0 spiro atoms. The van der Waals surface area contributed by atoms with Crippen molar-refractivity contribution in [3.8, 4) is 0 Å². The maximum Gasteiger partial charge on any atom is 0.149 e. The fourth-order valence-electron chi connectivity index (χ4n) is 7.91. The van der Waals surface area contributed by atoms with Crippen LogP contribution in [0.25, 0.3) is 32.0 Å². The van der Waals surface area contributed by atoms with Crippen molar-refractivity contribution in [2.24, 2.45) is 0 Å². The Bertz CT molecular complexity index is 2220. The number of nitrogens with one attached hydrogen (secondary N) is 1. The number of aromatic amines is 1. The van der Waals surface area contributed by atoms with Crippen molar-refractivity contribution in [1.82, 2.24) is 4.98 Å². The SMILES string of the molecule is c1ccc2c(c1)CCN2N1c2ccccc2C(c2cc3ccccc3o2)C1(c1cc2ccccc2[nH]1)c1cc2ccccc2s1. The van der Waals surface area contributed by atoms with Gasteiger partial charge in [-0.05, 0) is 76.9 Å². The fourth-order valence-corrected chi connectivity index (χ4v) is 9.20. The van der Waals surface area contributed by atoms with Crippen molar-refractivity contribution in [3.05, 3.63) is 167 Å². The molecule has 2 unspecified atom stereocenters. The molecule has 10 rings (SSSR count). The predicted octanol–water partition coefficient (Wildman–Crippen LogP) is 10.0. The summed E-state index contributed by atoms with van der Waals surface area (Å²) in [6.45, 7) is 0.896. The lowest BCUT2D eigenvalue weighted by Gasteiger charge is -2.47. The smallest absolute Gasteiger partial charge is 0.149 e. The Morgan fingerprint density at radius 2 is 1.42 bits per heavy atom. The molecule has 8 aromatic rings. The standard InChI is InChI=1S/C40H29N3OS/c1-6-16-31-27(12-1)24-37(41-31)40(38-25-29-14-4-10-20-36(29)45-38)39(35-23-28-13-3-9-19-34(28)44-35)30-15-5-8-18-33(30)43(40)42-22-21-26-11-2-7-17-32(26)42/h1-20,23-25,39,41H,21-22H2. The second-order valence-electron chi connectivity index (χ2n) is 12.2. The van der Waals surface area contributed by atoms with E-state index in [0.717, 1.165) is 40.9 Å². The summed E-state index contributed by atoms with van der Waals surface area (Å²) in [7, 11) is 0. The van der Waals surface area contributed by atoms with E-state index in [4.69, 9.17) is 4.42 Å². The summed E-state index contributed by atoms with van der Waals surface area (Å²) < 4.78 is 8.16. The van der Waals surface area contributed by atoms with E-state index in [1.807, 2.05) is 11.3 Å². The molecule has 0 bridgehead atoms. The van der Waals surface area contributed by atoms with Crippen molar-refractivity contribution in [2.75, 3.05) is 16.6 Å². The van der Waals surface area contributed by atoms with Gasteiger partial charge in [-0.3, -0.25) is 10.0 Å². The van der Waals surface area contributed by atoms with E-state index in [9.17, 15) is 0 Å². The highest BCUT2D eigenvalue weighted by molar-refractivity contribution is 7.19. The lowest BCUT2D eigenvalue weighted by Crippen LogP contribution is -2.56. The number of benzene rings is 5. The van der Waals surface area contributed by atoms with Gasteiger partial charge in [0.1, 0.15) is 16.9 Å². The van der Waals surface area contributed by atoms with E-state index in [2.05, 4.69) is 155 Å². The molecule has 0 amide bonds. The van der Waals surface area contributed by atoms with Crippen molar-refractivity contribution >= 4 is 54.7 Å². The van der Waals surface area contributed by atoms with Crippen LogP contribution in [0.15, 0.2) is 144 Å². The number of aromatic nitrogens is 1. The number of nitrogens with zero attached hydrogens (tertiary/aromatic N) is 2. The summed E-state index contributed by atoms with van der Waals surface area (Å²) in [5.41, 5.74) is 7.64. The number of rotatable bonds is 4. The minimum absolute atomic E-state index is 0.130. The monoisotopic (exact) mass is 599 g/mol. The maximum absolute atomic E-state index is 6.88.